The Bertz CT molecular complexity index is 1010. The van der Waals surface area contributed by atoms with Gasteiger partial charge < -0.3 is 10.3 Å². The van der Waals surface area contributed by atoms with Crippen LogP contribution >= 0.6 is 11.8 Å². The van der Waals surface area contributed by atoms with Crippen LogP contribution in [0.3, 0.4) is 0 Å². The lowest BCUT2D eigenvalue weighted by Crippen LogP contribution is -3.18. The first kappa shape index (κ1) is 23.8. The number of para-hydroxylation sites is 1. The number of nitrogens with one attached hydrogen (secondary N) is 2. The molecule has 8 heteroatoms. The third-order valence-corrected chi connectivity index (χ3v) is 6.16. The minimum atomic E-state index is -1.06. The van der Waals surface area contributed by atoms with Crippen LogP contribution in [0.25, 0.3) is 10.9 Å². The zero-order valence-electron chi connectivity index (χ0n) is 18.2. The topological polar surface area (TPSA) is 104 Å². The van der Waals surface area contributed by atoms with Crippen molar-refractivity contribution in [2.45, 2.75) is 58.4 Å². The molecule has 2 N–H and O–H groups in total. The number of carbonyl (C=O) groups excluding carboxylic acids is 1. The summed E-state index contributed by atoms with van der Waals surface area (Å²) in [5.41, 5.74) is 0.494. The van der Waals surface area contributed by atoms with Crippen LogP contribution in [-0.2, 0) is 11.3 Å². The molecule has 0 saturated carbocycles. The summed E-state index contributed by atoms with van der Waals surface area (Å²) in [5, 5.41) is 17.8. The number of fused-ring (bicyclic) bond motifs is 1. The quantitative estimate of drug-likeness (QED) is 0.342. The molecule has 1 aromatic carbocycles. The molecule has 30 heavy (non-hydrogen) atoms. The highest BCUT2D eigenvalue weighted by molar-refractivity contribution is 7.99. The summed E-state index contributed by atoms with van der Waals surface area (Å²) in [7, 11) is 0. The first-order valence-electron chi connectivity index (χ1n) is 10.1. The Morgan fingerprint density at radius 1 is 1.27 bits per heavy atom. The monoisotopic (exact) mass is 428 g/mol. The minimum absolute atomic E-state index is 0.00976. The summed E-state index contributed by atoms with van der Waals surface area (Å²) < 4.78 is 1.64. The lowest BCUT2D eigenvalue weighted by molar-refractivity contribution is -0.942. The van der Waals surface area contributed by atoms with Gasteiger partial charge in [-0.05, 0) is 46.8 Å². The van der Waals surface area contributed by atoms with E-state index in [4.69, 9.17) is 10.7 Å². The Balaban J connectivity index is 2.38. The molecule has 1 atom stereocenters. The second-order valence-electron chi connectivity index (χ2n) is 8.00. The molecule has 160 valence electrons. The Morgan fingerprint density at radius 2 is 1.90 bits per heavy atom. The van der Waals surface area contributed by atoms with Gasteiger partial charge in [0, 0.05) is 5.71 Å². The van der Waals surface area contributed by atoms with Gasteiger partial charge in [0.15, 0.2) is 10.9 Å². The molecule has 0 spiro atoms. The van der Waals surface area contributed by atoms with Crippen molar-refractivity contribution in [2.24, 2.45) is 5.92 Å². The number of hydrogen-bond acceptors (Lipinski definition) is 6. The van der Waals surface area contributed by atoms with E-state index >= 15 is 0 Å². The predicted molar refractivity (Wildman–Crippen MR) is 120 cm³/mol. The maximum absolute atomic E-state index is 13.2. The van der Waals surface area contributed by atoms with Crippen LogP contribution in [0.1, 0.15) is 34.6 Å². The summed E-state index contributed by atoms with van der Waals surface area (Å²) >= 11 is 1.16. The van der Waals surface area contributed by atoms with Crippen LogP contribution in [-0.4, -0.2) is 45.4 Å². The van der Waals surface area contributed by atoms with Crippen molar-refractivity contribution in [2.75, 3.05) is 12.3 Å². The van der Waals surface area contributed by atoms with Gasteiger partial charge in [0.05, 0.1) is 47.9 Å². The summed E-state index contributed by atoms with van der Waals surface area (Å²) in [5.74, 6) is -1.41. The molecule has 2 rings (SSSR count). The normalized spacial score (nSPS) is 12.5. The molecule has 0 aliphatic carbocycles. The number of aromatic nitrogens is 2. The number of ketones is 1. The van der Waals surface area contributed by atoms with E-state index in [1.165, 1.54) is 11.8 Å². The van der Waals surface area contributed by atoms with Crippen molar-refractivity contribution in [3.8, 4) is 6.07 Å². The van der Waals surface area contributed by atoms with Gasteiger partial charge in [0.25, 0.3) is 5.56 Å². The highest BCUT2D eigenvalue weighted by atomic mass is 32.2. The van der Waals surface area contributed by atoms with E-state index in [0.29, 0.717) is 34.7 Å². The Labute approximate surface area is 181 Å². The average Bonchev–Trinajstić information content (AvgIpc) is 2.68. The highest BCUT2D eigenvalue weighted by Gasteiger charge is 2.23. The molecular formula is C22H30N5O2S+. The fourth-order valence-corrected chi connectivity index (χ4v) is 4.50. The summed E-state index contributed by atoms with van der Waals surface area (Å²) in [6, 6.07) is 9.90. The van der Waals surface area contributed by atoms with E-state index < -0.39 is 5.92 Å². The lowest BCUT2D eigenvalue weighted by atomic mass is 10.0. The molecule has 0 bridgehead atoms. The SMILES string of the molecule is CC(=N)[C@@H](C#N)C(=O)CSc1nc2ccccc2c(=O)n1CC[NH+](C(C)C)C(C)C. The Morgan fingerprint density at radius 3 is 2.47 bits per heavy atom. The van der Waals surface area contributed by atoms with Crippen LogP contribution in [0.4, 0.5) is 0 Å². The highest BCUT2D eigenvalue weighted by Crippen LogP contribution is 2.19. The fraction of sp³-hybridized carbons (Fsp3) is 0.500. The van der Waals surface area contributed by atoms with Crippen LogP contribution in [0.15, 0.2) is 34.2 Å². The first-order valence-corrected chi connectivity index (χ1v) is 11.1. The lowest BCUT2D eigenvalue weighted by Gasteiger charge is -2.28. The second kappa shape index (κ2) is 10.5. The number of rotatable bonds is 10. The summed E-state index contributed by atoms with van der Waals surface area (Å²) in [6.07, 6.45) is 0. The standard InChI is InChI=1S/C22H29N5O2S/c1-14(2)26(15(3)4)10-11-27-21(29)17-8-6-7-9-19(17)25-22(27)30-13-20(28)18(12-23)16(5)24/h6-9,14-15,18,24H,10-11,13H2,1-5H3/p+1/t18-/m1/s1. The van der Waals surface area contributed by atoms with Crippen LogP contribution in [0.5, 0.6) is 0 Å². The van der Waals surface area contributed by atoms with Gasteiger partial charge >= 0.3 is 0 Å². The number of Topliss-reactive ketones (excluding diaryl/α,β-unsaturated/α-hetero) is 1. The molecular weight excluding hydrogens is 398 g/mol. The molecule has 0 unspecified atom stereocenters. The van der Waals surface area contributed by atoms with Crippen LogP contribution in [0.2, 0.25) is 0 Å². The number of thioether (sulfide) groups is 1. The molecule has 7 nitrogen and oxygen atoms in total. The number of nitrogens with zero attached hydrogens (tertiary/aromatic N) is 3. The van der Waals surface area contributed by atoms with E-state index in [1.54, 1.807) is 16.7 Å². The molecule has 0 fully saturated rings. The third kappa shape index (κ3) is 5.55. The van der Waals surface area contributed by atoms with Gasteiger partial charge in [0.1, 0.15) is 5.92 Å². The third-order valence-electron chi connectivity index (χ3n) is 5.16. The second-order valence-corrected chi connectivity index (χ2v) is 8.95. The van der Waals surface area contributed by atoms with E-state index in [0.717, 1.165) is 18.3 Å². The van der Waals surface area contributed by atoms with E-state index in [-0.39, 0.29) is 22.8 Å². The molecule has 1 aromatic heterocycles. The maximum Gasteiger partial charge on any atom is 0.262 e. The van der Waals surface area contributed by atoms with Gasteiger partial charge in [0.2, 0.25) is 0 Å². The van der Waals surface area contributed by atoms with Gasteiger partial charge in [-0.3, -0.25) is 14.2 Å². The minimum Gasteiger partial charge on any atom is -0.330 e. The first-order chi connectivity index (χ1) is 14.2. The molecule has 0 aliphatic rings. The maximum atomic E-state index is 13.2. The molecule has 0 amide bonds. The van der Waals surface area contributed by atoms with Gasteiger partial charge in [-0.2, -0.15) is 5.26 Å². The van der Waals surface area contributed by atoms with Crippen molar-refractivity contribution < 1.29 is 9.69 Å². The fourth-order valence-electron chi connectivity index (χ4n) is 3.57. The van der Waals surface area contributed by atoms with Crippen molar-refractivity contribution in [3.05, 3.63) is 34.6 Å². The number of hydrogen-bond donors (Lipinski definition) is 2. The molecule has 0 saturated heterocycles. The van der Waals surface area contributed by atoms with E-state index in [2.05, 4.69) is 32.7 Å². The summed E-state index contributed by atoms with van der Waals surface area (Å²) in [4.78, 5) is 31.6. The van der Waals surface area contributed by atoms with E-state index in [1.807, 2.05) is 18.2 Å². The van der Waals surface area contributed by atoms with Crippen LogP contribution < -0.4 is 10.5 Å². The van der Waals surface area contributed by atoms with Crippen molar-refractivity contribution >= 4 is 34.2 Å². The Hall–Kier alpha value is -2.50. The largest absolute Gasteiger partial charge is 0.330 e. The Kier molecular flexibility index (Phi) is 8.33. The van der Waals surface area contributed by atoms with E-state index in [9.17, 15) is 9.59 Å². The smallest absolute Gasteiger partial charge is 0.262 e. The van der Waals surface area contributed by atoms with Gasteiger partial charge in [-0.15, -0.1) is 0 Å². The zero-order chi connectivity index (χ0) is 22.4. The summed E-state index contributed by atoms with van der Waals surface area (Å²) in [6.45, 7) is 11.3. The molecule has 0 radical (unpaired) electrons. The van der Waals surface area contributed by atoms with Crippen LogP contribution in [0, 0.1) is 22.7 Å². The number of benzene rings is 1. The molecule has 2 aromatic rings. The predicted octanol–water partition coefficient (Wildman–Crippen LogP) is 1.94. The van der Waals surface area contributed by atoms with Crippen molar-refractivity contribution in [3.63, 3.8) is 0 Å². The molecule has 0 aliphatic heterocycles. The number of nitriles is 1. The number of carbonyl (C=O) groups is 1. The average molecular weight is 429 g/mol. The zero-order valence-corrected chi connectivity index (χ0v) is 19.0. The van der Waals surface area contributed by atoms with Crippen molar-refractivity contribution in [1.29, 1.82) is 10.7 Å². The van der Waals surface area contributed by atoms with Crippen molar-refractivity contribution in [1.82, 2.24) is 9.55 Å². The van der Waals surface area contributed by atoms with Gasteiger partial charge in [-0.25, -0.2) is 4.98 Å². The molecule has 1 heterocycles. The van der Waals surface area contributed by atoms with Gasteiger partial charge in [-0.1, -0.05) is 23.9 Å². The number of quaternary nitrogens is 1.